The summed E-state index contributed by atoms with van der Waals surface area (Å²) in [5, 5.41) is 4.95. The molecule has 0 aliphatic carbocycles. The zero-order valence-electron chi connectivity index (χ0n) is 20.5. The van der Waals surface area contributed by atoms with Gasteiger partial charge >= 0.3 is 0 Å². The third-order valence-electron chi connectivity index (χ3n) is 6.53. The van der Waals surface area contributed by atoms with Crippen LogP contribution in [0.2, 0.25) is 0 Å². The van der Waals surface area contributed by atoms with Crippen molar-refractivity contribution in [2.75, 3.05) is 14.2 Å². The Labute approximate surface area is 215 Å². The SMILES string of the molecule is COc1ccc2[nH]c3c(ncn3N=Cc3ccc(OC)c(CN4C(=O)c5ccccc5C4=O)c3)c(=O)c2c1. The summed E-state index contributed by atoms with van der Waals surface area (Å²) >= 11 is 0. The zero-order valence-corrected chi connectivity index (χ0v) is 20.5. The van der Waals surface area contributed by atoms with Crippen molar-refractivity contribution >= 4 is 40.1 Å². The van der Waals surface area contributed by atoms with E-state index < -0.39 is 0 Å². The Morgan fingerprint density at radius 1 is 0.947 bits per heavy atom. The first kappa shape index (κ1) is 23.2. The highest BCUT2D eigenvalue weighted by Gasteiger charge is 2.35. The van der Waals surface area contributed by atoms with Crippen LogP contribution in [0.4, 0.5) is 0 Å². The van der Waals surface area contributed by atoms with Crippen molar-refractivity contribution in [3.8, 4) is 11.5 Å². The number of methoxy groups -OCH3 is 2. The first-order valence-corrected chi connectivity index (χ1v) is 11.7. The van der Waals surface area contributed by atoms with Crippen molar-refractivity contribution in [1.29, 1.82) is 0 Å². The van der Waals surface area contributed by atoms with Crippen molar-refractivity contribution in [2.24, 2.45) is 5.10 Å². The molecule has 0 bridgehead atoms. The van der Waals surface area contributed by atoms with Gasteiger partial charge in [0.1, 0.15) is 17.8 Å². The Balaban J connectivity index is 1.32. The minimum absolute atomic E-state index is 0.0496. The summed E-state index contributed by atoms with van der Waals surface area (Å²) in [4.78, 5) is 47.3. The number of carbonyl (C=O) groups is 2. The predicted molar refractivity (Wildman–Crippen MR) is 141 cm³/mol. The fourth-order valence-electron chi connectivity index (χ4n) is 4.60. The molecule has 38 heavy (non-hydrogen) atoms. The Kier molecular flexibility index (Phi) is 5.49. The monoisotopic (exact) mass is 507 g/mol. The second kappa shape index (κ2) is 9.00. The van der Waals surface area contributed by atoms with Crippen LogP contribution in [-0.4, -0.2) is 51.8 Å². The number of hydrogen-bond donors (Lipinski definition) is 1. The molecule has 188 valence electrons. The predicted octanol–water partition coefficient (Wildman–Crippen LogP) is 3.57. The lowest BCUT2D eigenvalue weighted by Gasteiger charge is -2.16. The summed E-state index contributed by atoms with van der Waals surface area (Å²) in [6.07, 6.45) is 3.06. The van der Waals surface area contributed by atoms with E-state index in [0.29, 0.717) is 50.3 Å². The van der Waals surface area contributed by atoms with Crippen LogP contribution in [0.1, 0.15) is 31.8 Å². The molecular weight excluding hydrogens is 486 g/mol. The van der Waals surface area contributed by atoms with Crippen LogP contribution >= 0.6 is 0 Å². The summed E-state index contributed by atoms with van der Waals surface area (Å²) in [5.41, 5.74) is 3.24. The molecule has 2 aromatic heterocycles. The Morgan fingerprint density at radius 3 is 2.42 bits per heavy atom. The fraction of sp³-hybridized carbons (Fsp3) is 0.107. The van der Waals surface area contributed by atoms with Crippen LogP contribution in [0.25, 0.3) is 22.1 Å². The standard InChI is InChI=1S/C28H21N5O5/c1-37-18-8-9-22-21(12-18)25(34)24-26(31-22)33(15-29-24)30-13-16-7-10-23(38-2)17(11-16)14-32-27(35)19-5-3-4-6-20(19)28(32)36/h3-13,15H,14H2,1-2H3,(H,31,34). The summed E-state index contributed by atoms with van der Waals surface area (Å²) in [7, 11) is 3.07. The van der Waals surface area contributed by atoms with Gasteiger partial charge in [0.2, 0.25) is 5.43 Å². The van der Waals surface area contributed by atoms with Crippen LogP contribution in [0.5, 0.6) is 11.5 Å². The maximum atomic E-state index is 13.0. The molecule has 1 aliphatic rings. The van der Waals surface area contributed by atoms with Gasteiger partial charge in [-0.3, -0.25) is 19.3 Å². The number of hydrogen-bond acceptors (Lipinski definition) is 7. The van der Waals surface area contributed by atoms with Gasteiger partial charge in [0.15, 0.2) is 11.2 Å². The number of aromatic amines is 1. The molecule has 0 radical (unpaired) electrons. The molecule has 10 heteroatoms. The lowest BCUT2D eigenvalue weighted by Crippen LogP contribution is -2.29. The maximum absolute atomic E-state index is 13.0. The van der Waals surface area contributed by atoms with Gasteiger partial charge in [-0.2, -0.15) is 5.10 Å². The molecule has 3 aromatic carbocycles. The third-order valence-corrected chi connectivity index (χ3v) is 6.53. The molecule has 0 saturated carbocycles. The molecule has 2 amide bonds. The number of rotatable bonds is 6. The summed E-state index contributed by atoms with van der Waals surface area (Å²) in [5.74, 6) is 0.435. The first-order valence-electron chi connectivity index (χ1n) is 11.7. The number of H-pyrrole nitrogens is 1. The highest BCUT2D eigenvalue weighted by Crippen LogP contribution is 2.28. The molecule has 0 unspecified atom stereocenters. The van der Waals surface area contributed by atoms with Gasteiger partial charge < -0.3 is 14.5 Å². The van der Waals surface area contributed by atoms with Crippen molar-refractivity contribution in [3.63, 3.8) is 0 Å². The van der Waals surface area contributed by atoms with E-state index in [0.717, 1.165) is 0 Å². The molecular formula is C28H21N5O5. The smallest absolute Gasteiger partial charge is 0.261 e. The lowest BCUT2D eigenvalue weighted by molar-refractivity contribution is 0.0641. The molecule has 1 N–H and O–H groups in total. The molecule has 0 saturated heterocycles. The van der Waals surface area contributed by atoms with Crippen LogP contribution in [0.3, 0.4) is 0 Å². The molecule has 0 spiro atoms. The van der Waals surface area contributed by atoms with Gasteiger partial charge in [-0.1, -0.05) is 12.1 Å². The van der Waals surface area contributed by atoms with Gasteiger partial charge in [-0.15, -0.1) is 0 Å². The first-order chi connectivity index (χ1) is 18.5. The number of aromatic nitrogens is 3. The second-order valence-electron chi connectivity index (χ2n) is 8.71. The molecule has 6 rings (SSSR count). The average Bonchev–Trinajstić information content (AvgIpc) is 3.46. The Morgan fingerprint density at radius 2 is 1.71 bits per heavy atom. The summed E-state index contributed by atoms with van der Waals surface area (Å²) < 4.78 is 12.2. The highest BCUT2D eigenvalue weighted by molar-refractivity contribution is 6.21. The van der Waals surface area contributed by atoms with Crippen LogP contribution in [0.15, 0.2) is 76.9 Å². The summed E-state index contributed by atoms with van der Waals surface area (Å²) in [6, 6.07) is 17.3. The topological polar surface area (TPSA) is 119 Å². The number of carbonyl (C=O) groups excluding carboxylic acids is 2. The zero-order chi connectivity index (χ0) is 26.4. The van der Waals surface area contributed by atoms with E-state index >= 15 is 0 Å². The number of ether oxygens (including phenoxy) is 2. The third kappa shape index (κ3) is 3.70. The van der Waals surface area contributed by atoms with Crippen molar-refractivity contribution < 1.29 is 19.1 Å². The number of nitrogens with one attached hydrogen (secondary N) is 1. The molecule has 10 nitrogen and oxygen atoms in total. The van der Waals surface area contributed by atoms with Crippen LogP contribution in [-0.2, 0) is 6.54 Å². The van der Waals surface area contributed by atoms with E-state index in [1.165, 1.54) is 23.0 Å². The quantitative estimate of drug-likeness (QED) is 0.277. The number of pyridine rings is 1. The molecule has 1 aliphatic heterocycles. The van der Waals surface area contributed by atoms with Gasteiger partial charge in [0.25, 0.3) is 11.8 Å². The number of imidazole rings is 1. The molecule has 0 fully saturated rings. The largest absolute Gasteiger partial charge is 0.497 e. The molecule has 3 heterocycles. The summed E-state index contributed by atoms with van der Waals surface area (Å²) in [6.45, 7) is 0.0496. The second-order valence-corrected chi connectivity index (χ2v) is 8.71. The number of benzene rings is 3. The van der Waals surface area contributed by atoms with E-state index in [-0.39, 0.29) is 29.3 Å². The van der Waals surface area contributed by atoms with Crippen LogP contribution in [0, 0.1) is 0 Å². The van der Waals surface area contributed by atoms with E-state index in [2.05, 4.69) is 15.1 Å². The van der Waals surface area contributed by atoms with Crippen LogP contribution < -0.4 is 14.9 Å². The highest BCUT2D eigenvalue weighted by atomic mass is 16.5. The fourth-order valence-corrected chi connectivity index (χ4v) is 4.60. The van der Waals surface area contributed by atoms with Gasteiger partial charge in [-0.05, 0) is 54.1 Å². The minimum Gasteiger partial charge on any atom is -0.497 e. The number of nitrogens with zero attached hydrogens (tertiary/aromatic N) is 4. The van der Waals surface area contributed by atoms with Gasteiger partial charge in [0, 0.05) is 5.56 Å². The lowest BCUT2D eigenvalue weighted by atomic mass is 10.1. The number of fused-ring (bicyclic) bond motifs is 3. The van der Waals surface area contributed by atoms with E-state index in [1.54, 1.807) is 74.0 Å². The molecule has 0 atom stereocenters. The van der Waals surface area contributed by atoms with E-state index in [9.17, 15) is 14.4 Å². The van der Waals surface area contributed by atoms with Gasteiger partial charge in [-0.25, -0.2) is 9.66 Å². The van der Waals surface area contributed by atoms with Crippen molar-refractivity contribution in [2.45, 2.75) is 6.54 Å². The maximum Gasteiger partial charge on any atom is 0.261 e. The minimum atomic E-state index is -0.342. The molecule has 5 aromatic rings. The number of amides is 2. The van der Waals surface area contributed by atoms with E-state index in [1.807, 2.05) is 0 Å². The average molecular weight is 508 g/mol. The Bertz CT molecular complexity index is 1820. The van der Waals surface area contributed by atoms with Crippen molar-refractivity contribution in [3.05, 3.63) is 99.5 Å². The van der Waals surface area contributed by atoms with Gasteiger partial charge in [0.05, 0.1) is 49.0 Å². The van der Waals surface area contributed by atoms with E-state index in [4.69, 9.17) is 9.47 Å². The van der Waals surface area contributed by atoms with Crippen molar-refractivity contribution in [1.82, 2.24) is 19.5 Å². The number of imide groups is 1. The normalized spacial score (nSPS) is 13.2. The Hall–Kier alpha value is -5.25.